The van der Waals surface area contributed by atoms with E-state index in [-0.39, 0.29) is 5.54 Å². The van der Waals surface area contributed by atoms with E-state index in [0.29, 0.717) is 0 Å². The lowest BCUT2D eigenvalue weighted by molar-refractivity contribution is 0.348. The first-order valence-corrected chi connectivity index (χ1v) is 5.69. The number of aryl methyl sites for hydroxylation is 1. The average molecular weight is 221 g/mol. The molecule has 0 aromatic heterocycles. The molecule has 0 bridgehead atoms. The fourth-order valence-corrected chi connectivity index (χ4v) is 2.19. The molecular formula is C13H19NO2. The van der Waals surface area contributed by atoms with Gasteiger partial charge in [0.2, 0.25) is 0 Å². The van der Waals surface area contributed by atoms with Crippen LogP contribution in [0.1, 0.15) is 30.9 Å². The van der Waals surface area contributed by atoms with Crippen molar-refractivity contribution in [2.75, 3.05) is 14.2 Å². The highest BCUT2D eigenvalue weighted by molar-refractivity contribution is 5.55. The summed E-state index contributed by atoms with van der Waals surface area (Å²) in [7, 11) is 3.33. The molecule has 1 saturated carbocycles. The van der Waals surface area contributed by atoms with Crippen LogP contribution >= 0.6 is 0 Å². The molecule has 1 aliphatic carbocycles. The minimum absolute atomic E-state index is 0.189. The van der Waals surface area contributed by atoms with E-state index >= 15 is 0 Å². The molecule has 3 nitrogen and oxygen atoms in total. The first kappa shape index (κ1) is 11.3. The molecule has 0 atom stereocenters. The lowest BCUT2D eigenvalue weighted by atomic mass is 9.95. The van der Waals surface area contributed by atoms with Crippen molar-refractivity contribution in [3.63, 3.8) is 0 Å². The Balaban J connectivity index is 2.59. The van der Waals surface area contributed by atoms with Crippen molar-refractivity contribution in [3.05, 3.63) is 23.3 Å². The standard InChI is InChI=1S/C13H19NO2/c1-4-9-5-6-10(15-2)12(16-3)11(9)13(14)7-8-13/h5-6H,4,7-8,14H2,1-3H3. The van der Waals surface area contributed by atoms with Gasteiger partial charge < -0.3 is 15.2 Å². The van der Waals surface area contributed by atoms with Crippen molar-refractivity contribution in [2.45, 2.75) is 31.7 Å². The van der Waals surface area contributed by atoms with Crippen LogP contribution in [-0.2, 0) is 12.0 Å². The molecule has 3 heteroatoms. The van der Waals surface area contributed by atoms with Gasteiger partial charge in [0.25, 0.3) is 0 Å². The zero-order chi connectivity index (χ0) is 11.8. The molecular weight excluding hydrogens is 202 g/mol. The largest absolute Gasteiger partial charge is 0.493 e. The van der Waals surface area contributed by atoms with Crippen LogP contribution in [0.25, 0.3) is 0 Å². The van der Waals surface area contributed by atoms with Crippen LogP contribution in [0.15, 0.2) is 12.1 Å². The Morgan fingerprint density at radius 3 is 2.38 bits per heavy atom. The van der Waals surface area contributed by atoms with Gasteiger partial charge in [-0.15, -0.1) is 0 Å². The quantitative estimate of drug-likeness (QED) is 0.847. The van der Waals surface area contributed by atoms with E-state index in [0.717, 1.165) is 36.3 Å². The number of benzene rings is 1. The zero-order valence-corrected chi connectivity index (χ0v) is 10.2. The second-order valence-electron chi connectivity index (χ2n) is 4.34. The molecule has 1 aromatic carbocycles. The van der Waals surface area contributed by atoms with Crippen molar-refractivity contribution in [3.8, 4) is 11.5 Å². The molecule has 16 heavy (non-hydrogen) atoms. The zero-order valence-electron chi connectivity index (χ0n) is 10.2. The fourth-order valence-electron chi connectivity index (χ4n) is 2.19. The first-order valence-electron chi connectivity index (χ1n) is 5.69. The van der Waals surface area contributed by atoms with Crippen LogP contribution in [0.2, 0.25) is 0 Å². The van der Waals surface area contributed by atoms with E-state index in [1.165, 1.54) is 5.56 Å². The third kappa shape index (κ3) is 1.65. The normalized spacial score (nSPS) is 17.0. The number of ether oxygens (including phenoxy) is 2. The van der Waals surface area contributed by atoms with Crippen molar-refractivity contribution in [1.82, 2.24) is 0 Å². The third-order valence-corrected chi connectivity index (χ3v) is 3.30. The van der Waals surface area contributed by atoms with Gasteiger partial charge in [-0.25, -0.2) is 0 Å². The minimum Gasteiger partial charge on any atom is -0.493 e. The summed E-state index contributed by atoms with van der Waals surface area (Å²) in [5, 5.41) is 0. The number of hydrogen-bond acceptors (Lipinski definition) is 3. The van der Waals surface area contributed by atoms with Gasteiger partial charge in [0.15, 0.2) is 11.5 Å². The minimum atomic E-state index is -0.189. The maximum atomic E-state index is 6.31. The van der Waals surface area contributed by atoms with Crippen molar-refractivity contribution < 1.29 is 9.47 Å². The number of hydrogen-bond donors (Lipinski definition) is 1. The van der Waals surface area contributed by atoms with E-state index in [1.807, 2.05) is 6.07 Å². The number of nitrogens with two attached hydrogens (primary N) is 1. The van der Waals surface area contributed by atoms with Crippen LogP contribution in [0.5, 0.6) is 11.5 Å². The summed E-state index contributed by atoms with van der Waals surface area (Å²) in [6.07, 6.45) is 3.03. The topological polar surface area (TPSA) is 44.5 Å². The van der Waals surface area contributed by atoms with Gasteiger partial charge in [-0.3, -0.25) is 0 Å². The smallest absolute Gasteiger partial charge is 0.166 e. The number of methoxy groups -OCH3 is 2. The molecule has 0 spiro atoms. The molecule has 2 N–H and O–H groups in total. The average Bonchev–Trinajstić information content (AvgIpc) is 3.06. The predicted octanol–water partition coefficient (Wildman–Crippen LogP) is 2.21. The van der Waals surface area contributed by atoms with Gasteiger partial charge in [-0.05, 0) is 30.9 Å². The van der Waals surface area contributed by atoms with E-state index < -0.39 is 0 Å². The van der Waals surface area contributed by atoms with Gasteiger partial charge in [-0.1, -0.05) is 13.0 Å². The van der Waals surface area contributed by atoms with Gasteiger partial charge in [-0.2, -0.15) is 0 Å². The Kier molecular flexibility index (Phi) is 2.80. The summed E-state index contributed by atoms with van der Waals surface area (Å²) in [4.78, 5) is 0. The summed E-state index contributed by atoms with van der Waals surface area (Å²) >= 11 is 0. The van der Waals surface area contributed by atoms with Gasteiger partial charge in [0.05, 0.1) is 14.2 Å². The fraction of sp³-hybridized carbons (Fsp3) is 0.538. The van der Waals surface area contributed by atoms with E-state index in [2.05, 4.69) is 13.0 Å². The molecule has 0 unspecified atom stereocenters. The second kappa shape index (κ2) is 3.98. The summed E-state index contributed by atoms with van der Waals surface area (Å²) in [5.74, 6) is 1.58. The Hall–Kier alpha value is -1.22. The Bertz CT molecular complexity index is 397. The van der Waals surface area contributed by atoms with Crippen LogP contribution in [0.3, 0.4) is 0 Å². The Morgan fingerprint density at radius 2 is 1.94 bits per heavy atom. The van der Waals surface area contributed by atoms with Crippen LogP contribution < -0.4 is 15.2 Å². The Morgan fingerprint density at radius 1 is 1.25 bits per heavy atom. The van der Waals surface area contributed by atoms with Gasteiger partial charge >= 0.3 is 0 Å². The number of rotatable bonds is 4. The lowest BCUT2D eigenvalue weighted by Gasteiger charge is -2.20. The summed E-state index contributed by atoms with van der Waals surface area (Å²) in [6, 6.07) is 4.04. The maximum absolute atomic E-state index is 6.31. The van der Waals surface area contributed by atoms with Crippen LogP contribution in [0.4, 0.5) is 0 Å². The maximum Gasteiger partial charge on any atom is 0.166 e. The summed E-state index contributed by atoms with van der Waals surface area (Å²) in [6.45, 7) is 2.14. The molecule has 1 aliphatic rings. The lowest BCUT2D eigenvalue weighted by Crippen LogP contribution is -2.22. The molecule has 0 radical (unpaired) electrons. The molecule has 1 aromatic rings. The monoisotopic (exact) mass is 221 g/mol. The molecule has 0 aliphatic heterocycles. The molecule has 88 valence electrons. The molecule has 0 saturated heterocycles. The van der Waals surface area contributed by atoms with Crippen molar-refractivity contribution in [1.29, 1.82) is 0 Å². The molecule has 2 rings (SSSR count). The van der Waals surface area contributed by atoms with E-state index in [9.17, 15) is 0 Å². The highest BCUT2D eigenvalue weighted by Crippen LogP contribution is 2.50. The second-order valence-corrected chi connectivity index (χ2v) is 4.34. The third-order valence-electron chi connectivity index (χ3n) is 3.30. The molecule has 0 heterocycles. The summed E-state index contributed by atoms with van der Waals surface area (Å²) < 4.78 is 10.8. The van der Waals surface area contributed by atoms with Gasteiger partial charge in [0.1, 0.15) is 0 Å². The highest BCUT2D eigenvalue weighted by Gasteiger charge is 2.44. The Labute approximate surface area is 96.5 Å². The van der Waals surface area contributed by atoms with Crippen LogP contribution in [0, 0.1) is 0 Å². The van der Waals surface area contributed by atoms with Crippen molar-refractivity contribution in [2.24, 2.45) is 5.73 Å². The molecule has 1 fully saturated rings. The molecule has 0 amide bonds. The van der Waals surface area contributed by atoms with E-state index in [4.69, 9.17) is 15.2 Å². The van der Waals surface area contributed by atoms with Crippen molar-refractivity contribution >= 4 is 0 Å². The first-order chi connectivity index (χ1) is 7.66. The SMILES string of the molecule is CCc1ccc(OC)c(OC)c1C1(N)CC1. The summed E-state index contributed by atoms with van der Waals surface area (Å²) in [5.41, 5.74) is 8.52. The van der Waals surface area contributed by atoms with Gasteiger partial charge in [0, 0.05) is 11.1 Å². The van der Waals surface area contributed by atoms with Crippen LogP contribution in [-0.4, -0.2) is 14.2 Å². The highest BCUT2D eigenvalue weighted by atomic mass is 16.5. The predicted molar refractivity (Wildman–Crippen MR) is 64.0 cm³/mol. The van der Waals surface area contributed by atoms with E-state index in [1.54, 1.807) is 14.2 Å².